The van der Waals surface area contributed by atoms with Crippen LogP contribution in [0.4, 0.5) is 0 Å². The van der Waals surface area contributed by atoms with E-state index in [4.69, 9.17) is 0 Å². The number of hydrogen-bond donors (Lipinski definition) is 6. The molecule has 1 fully saturated rings. The van der Waals surface area contributed by atoms with Crippen LogP contribution >= 0.6 is 0 Å². The molecule has 1 saturated heterocycles. The fourth-order valence-corrected chi connectivity index (χ4v) is 11.1. The van der Waals surface area contributed by atoms with Gasteiger partial charge in [0.2, 0.25) is 65.0 Å². The van der Waals surface area contributed by atoms with Crippen molar-refractivity contribution in [1.82, 2.24) is 55.6 Å². The standard InChI is InChI=1S/C64H115N11O13/c1-25-27-28-41(15)53(77)52-57(81)67-44(26-2)59(83)73(22)49(34-76)62(86)70(19)47(32-37(7)8)56(80)68-50(39(11)12)63(87)71(20)46(31-36(5)6)55(79)65-42(16)54(78)66-43(17)58(82)72(21)48(33-38(9)10)61(85)69(18)45(30-29-35(3)4)60(84)74(23)51(40(13)14)64(88)75(52)24/h25,27,35-53,76-77H,26,28-34H2,1-24H3,(H,65,79)(H,66,78)(H,67,81)(H,68,80)/b27-25+/t41-,42-,43+,44+,45+,46-,47+,48+,49-,50-,51+,52+,53-/m1/s1. The first kappa shape index (κ1) is 79.8. The van der Waals surface area contributed by atoms with Crippen molar-refractivity contribution in [3.8, 4) is 0 Å². The van der Waals surface area contributed by atoms with Crippen molar-refractivity contribution in [1.29, 1.82) is 0 Å². The van der Waals surface area contributed by atoms with Gasteiger partial charge in [0.1, 0.15) is 66.5 Å². The first-order valence-corrected chi connectivity index (χ1v) is 31.7. The SMILES string of the molecule is C/C=C/C[C@@H](C)[C@@H](O)[C@H]1C(=O)N[C@@H](CC)C(=O)N(C)[C@H](CO)C(=O)N(C)[C@@H](CC(C)C)C(=O)N[C@H](C(C)C)C(=O)N(C)[C@H](CC(C)C)C(=O)N[C@H](C)C(=O)N[C@@H](C)C(=O)N(C)[C@@H](CC(C)C)C(=O)N(C)[C@@H](CCC(C)C)C(=O)N(C)[C@@H](C(C)C)C(=O)N1C. The Morgan fingerprint density at radius 3 is 1.32 bits per heavy atom. The quantitative estimate of drug-likeness (QED) is 0.114. The normalized spacial score (nSPS) is 27.2. The second kappa shape index (κ2) is 36.5. The Labute approximate surface area is 526 Å². The molecule has 504 valence electrons. The third-order valence-electron chi connectivity index (χ3n) is 16.9. The molecule has 6 N–H and O–H groups in total. The molecule has 0 radical (unpaired) electrons. The highest BCUT2D eigenvalue weighted by Crippen LogP contribution is 2.26. The molecular weight excluding hydrogens is 1130 g/mol. The van der Waals surface area contributed by atoms with Gasteiger partial charge in [-0.2, -0.15) is 0 Å². The summed E-state index contributed by atoms with van der Waals surface area (Å²) in [6, 6.07) is -14.4. The Bertz CT molecular complexity index is 2400. The molecule has 1 aliphatic rings. The second-order valence-corrected chi connectivity index (χ2v) is 26.8. The molecule has 11 amide bonds. The highest BCUT2D eigenvalue weighted by Gasteiger charge is 2.46. The zero-order chi connectivity index (χ0) is 68.3. The van der Waals surface area contributed by atoms with E-state index in [-0.39, 0.29) is 62.2 Å². The Hall–Kier alpha value is -6.17. The van der Waals surface area contributed by atoms with Crippen LogP contribution in [0.2, 0.25) is 0 Å². The van der Waals surface area contributed by atoms with Crippen molar-refractivity contribution >= 4 is 65.0 Å². The second-order valence-electron chi connectivity index (χ2n) is 26.8. The summed E-state index contributed by atoms with van der Waals surface area (Å²) >= 11 is 0. The van der Waals surface area contributed by atoms with Crippen molar-refractivity contribution in [3.63, 3.8) is 0 Å². The van der Waals surface area contributed by atoms with E-state index in [1.165, 1.54) is 82.8 Å². The smallest absolute Gasteiger partial charge is 0.248 e. The van der Waals surface area contributed by atoms with Crippen LogP contribution in [0.5, 0.6) is 0 Å². The van der Waals surface area contributed by atoms with E-state index in [0.29, 0.717) is 6.42 Å². The number of nitrogens with one attached hydrogen (secondary N) is 4. The zero-order valence-corrected chi connectivity index (χ0v) is 57.8. The monoisotopic (exact) mass is 1250 g/mol. The van der Waals surface area contributed by atoms with Gasteiger partial charge in [-0.15, -0.1) is 0 Å². The molecule has 13 atom stereocenters. The summed E-state index contributed by atoms with van der Waals surface area (Å²) in [7, 11) is 9.68. The molecule has 24 nitrogen and oxygen atoms in total. The topological polar surface area (TPSA) is 299 Å². The van der Waals surface area contributed by atoms with Crippen LogP contribution in [-0.4, -0.2) is 238 Å². The molecule has 0 spiro atoms. The number of likely N-dealkylation sites (N-methyl/N-ethyl adjacent to an activating group) is 7. The largest absolute Gasteiger partial charge is 0.394 e. The maximum atomic E-state index is 15.2. The van der Waals surface area contributed by atoms with Gasteiger partial charge in [-0.25, -0.2) is 0 Å². The minimum Gasteiger partial charge on any atom is -0.394 e. The van der Waals surface area contributed by atoms with E-state index >= 15 is 14.4 Å². The van der Waals surface area contributed by atoms with Crippen LogP contribution in [0.15, 0.2) is 12.2 Å². The van der Waals surface area contributed by atoms with Gasteiger partial charge in [0, 0.05) is 49.3 Å². The van der Waals surface area contributed by atoms with Gasteiger partial charge in [-0.05, 0) is 107 Å². The van der Waals surface area contributed by atoms with E-state index in [0.717, 1.165) is 14.7 Å². The fourth-order valence-electron chi connectivity index (χ4n) is 11.1. The van der Waals surface area contributed by atoms with Crippen LogP contribution in [-0.2, 0) is 52.7 Å². The van der Waals surface area contributed by atoms with Crippen LogP contribution in [0.1, 0.15) is 163 Å². The summed E-state index contributed by atoms with van der Waals surface area (Å²) in [5, 5.41) is 34.0. The lowest BCUT2D eigenvalue weighted by Crippen LogP contribution is -2.64. The van der Waals surface area contributed by atoms with Crippen molar-refractivity contribution in [2.45, 2.75) is 235 Å². The molecule has 0 aromatic carbocycles. The average Bonchev–Trinajstić information content (AvgIpc) is 2.09. The van der Waals surface area contributed by atoms with Crippen LogP contribution in [0, 0.1) is 41.4 Å². The van der Waals surface area contributed by atoms with Gasteiger partial charge in [0.05, 0.1) is 12.7 Å². The van der Waals surface area contributed by atoms with Gasteiger partial charge in [-0.3, -0.25) is 52.7 Å². The third kappa shape index (κ3) is 21.8. The summed E-state index contributed by atoms with van der Waals surface area (Å²) in [5.41, 5.74) is 0. The van der Waals surface area contributed by atoms with Crippen molar-refractivity contribution < 1.29 is 63.0 Å². The van der Waals surface area contributed by atoms with Gasteiger partial charge in [0.15, 0.2) is 0 Å². The van der Waals surface area contributed by atoms with E-state index < -0.39 is 162 Å². The van der Waals surface area contributed by atoms with E-state index in [1.54, 1.807) is 60.6 Å². The summed E-state index contributed by atoms with van der Waals surface area (Å²) in [4.78, 5) is 170. The Morgan fingerprint density at radius 2 is 0.864 bits per heavy atom. The molecule has 88 heavy (non-hydrogen) atoms. The number of carbonyl (C=O) groups excluding carboxylic acids is 11. The first-order valence-electron chi connectivity index (χ1n) is 31.7. The molecule has 24 heteroatoms. The molecule has 1 rings (SSSR count). The molecule has 0 aromatic rings. The Balaban J connectivity index is 4.43. The van der Waals surface area contributed by atoms with Crippen molar-refractivity contribution in [3.05, 3.63) is 12.2 Å². The minimum atomic E-state index is -1.67. The number of nitrogens with zero attached hydrogens (tertiary/aromatic N) is 7. The molecule has 0 saturated carbocycles. The number of rotatable bonds is 17. The lowest BCUT2D eigenvalue weighted by molar-refractivity contribution is -0.157. The van der Waals surface area contributed by atoms with Crippen LogP contribution < -0.4 is 21.3 Å². The lowest BCUT2D eigenvalue weighted by Gasteiger charge is -2.41. The summed E-state index contributed by atoms with van der Waals surface area (Å²) in [6.07, 6.45) is 3.21. The first-order chi connectivity index (χ1) is 40.7. The summed E-state index contributed by atoms with van der Waals surface area (Å²) in [5.74, 6) is -10.3. The summed E-state index contributed by atoms with van der Waals surface area (Å²) in [6.45, 7) is 28.8. The predicted molar refractivity (Wildman–Crippen MR) is 339 cm³/mol. The van der Waals surface area contributed by atoms with Crippen LogP contribution in [0.3, 0.4) is 0 Å². The predicted octanol–water partition coefficient (Wildman–Crippen LogP) is 3.02. The fraction of sp³-hybridized carbons (Fsp3) is 0.797. The maximum Gasteiger partial charge on any atom is 0.248 e. The van der Waals surface area contributed by atoms with E-state index in [2.05, 4.69) is 21.3 Å². The highest BCUT2D eigenvalue weighted by atomic mass is 16.3. The number of aliphatic hydroxyl groups is 2. The molecule has 0 aromatic heterocycles. The minimum absolute atomic E-state index is 0.0618. The van der Waals surface area contributed by atoms with Crippen LogP contribution in [0.25, 0.3) is 0 Å². The van der Waals surface area contributed by atoms with Crippen molar-refractivity contribution in [2.75, 3.05) is 55.9 Å². The number of carbonyl (C=O) groups is 11. The van der Waals surface area contributed by atoms with Gasteiger partial charge >= 0.3 is 0 Å². The van der Waals surface area contributed by atoms with Gasteiger partial charge in [-0.1, -0.05) is 109 Å². The van der Waals surface area contributed by atoms with E-state index in [1.807, 2.05) is 55.4 Å². The average molecular weight is 1250 g/mol. The molecule has 1 heterocycles. The Kier molecular flexibility index (Phi) is 33.1. The van der Waals surface area contributed by atoms with Crippen molar-refractivity contribution in [2.24, 2.45) is 41.4 Å². The van der Waals surface area contributed by atoms with Gasteiger partial charge in [0.25, 0.3) is 0 Å². The molecule has 0 aliphatic carbocycles. The molecule has 0 bridgehead atoms. The number of amides is 11. The lowest BCUT2D eigenvalue weighted by atomic mass is 9.91. The number of allylic oxidation sites excluding steroid dienone is 2. The molecule has 1 aliphatic heterocycles. The number of hydrogen-bond acceptors (Lipinski definition) is 13. The molecule has 0 unspecified atom stereocenters. The van der Waals surface area contributed by atoms with Gasteiger partial charge < -0.3 is 65.8 Å². The zero-order valence-electron chi connectivity index (χ0n) is 57.8. The highest BCUT2D eigenvalue weighted by molar-refractivity contribution is 6.00. The summed E-state index contributed by atoms with van der Waals surface area (Å²) < 4.78 is 0. The van der Waals surface area contributed by atoms with E-state index in [9.17, 15) is 48.6 Å². The third-order valence-corrected chi connectivity index (χ3v) is 16.9. The maximum absolute atomic E-state index is 15.2. The Morgan fingerprint density at radius 1 is 0.443 bits per heavy atom. The number of aliphatic hydroxyl groups excluding tert-OH is 2. The molecular formula is C64H115N11O13.